The fraction of sp³-hybridized carbons (Fsp3) is 0.0667. The van der Waals surface area contributed by atoms with E-state index in [1.54, 1.807) is 36.4 Å². The van der Waals surface area contributed by atoms with Crippen molar-refractivity contribution in [1.29, 1.82) is 0 Å². The summed E-state index contributed by atoms with van der Waals surface area (Å²) in [7, 11) is 0. The summed E-state index contributed by atoms with van der Waals surface area (Å²) in [4.78, 5) is 0. The van der Waals surface area contributed by atoms with E-state index >= 15 is 0 Å². The number of aromatic nitrogens is 2. The molecule has 228 valence electrons. The van der Waals surface area contributed by atoms with Crippen LogP contribution in [0, 0.1) is 0 Å². The number of para-hydroxylation sites is 3. The van der Waals surface area contributed by atoms with Gasteiger partial charge in [0.2, 0.25) is 0 Å². The molecule has 0 aliphatic carbocycles. The van der Waals surface area contributed by atoms with Gasteiger partial charge in [0.25, 0.3) is 0 Å². The van der Waals surface area contributed by atoms with Gasteiger partial charge < -0.3 is 13.9 Å². The molecule has 1 aliphatic rings. The minimum atomic E-state index is -2.98. The quantitative estimate of drug-likeness (QED) is 0.192. The Morgan fingerprint density at radius 3 is 1.79 bits per heavy atom. The molecule has 0 radical (unpaired) electrons. The summed E-state index contributed by atoms with van der Waals surface area (Å²) in [6, 6.07) is 52.6. The molecule has 48 heavy (non-hydrogen) atoms. The normalized spacial score (nSPS) is 15.9. The van der Waals surface area contributed by atoms with Crippen molar-refractivity contribution in [3.63, 3.8) is 0 Å². The van der Waals surface area contributed by atoms with Crippen LogP contribution in [0.5, 0.6) is 5.75 Å². The van der Waals surface area contributed by atoms with Gasteiger partial charge in [0, 0.05) is 46.6 Å². The number of hydrogen-bond acceptors (Lipinski definition) is 1. The summed E-state index contributed by atoms with van der Waals surface area (Å²) in [5.41, 5.74) is 7.01. The van der Waals surface area contributed by atoms with Crippen LogP contribution in [0.2, 0.25) is 0 Å². The van der Waals surface area contributed by atoms with E-state index in [1.807, 2.05) is 24.3 Å². The molecule has 0 N–H and O–H groups in total. The lowest BCUT2D eigenvalue weighted by Crippen LogP contribution is -2.29. The average Bonchev–Trinajstić information content (AvgIpc) is 3.69. The Kier molecular flexibility index (Phi) is 4.50. The van der Waals surface area contributed by atoms with Gasteiger partial charge in [-0.2, -0.15) is 0 Å². The van der Waals surface area contributed by atoms with Crippen molar-refractivity contribution in [3.8, 4) is 39.4 Å². The van der Waals surface area contributed by atoms with Gasteiger partial charge in [-0.05, 0) is 91.1 Å². The summed E-state index contributed by atoms with van der Waals surface area (Å²) < 4.78 is 61.6. The number of hydrogen-bond donors (Lipinski definition) is 0. The molecule has 1 aliphatic heterocycles. The molecule has 0 atom stereocenters. The average molecular weight is 623 g/mol. The second-order valence-electron chi connectivity index (χ2n) is 12.5. The predicted octanol–water partition coefficient (Wildman–Crippen LogP) is 11.8. The molecular formula is C45H32N2O. The van der Waals surface area contributed by atoms with Gasteiger partial charge in [-0.15, -0.1) is 0 Å². The van der Waals surface area contributed by atoms with Crippen molar-refractivity contribution in [2.45, 2.75) is 19.3 Å². The fourth-order valence-electron chi connectivity index (χ4n) is 7.71. The molecule has 10 rings (SSSR count). The highest BCUT2D eigenvalue weighted by Crippen LogP contribution is 2.49. The minimum absolute atomic E-state index is 0.122. The van der Waals surface area contributed by atoms with Crippen LogP contribution >= 0.6 is 0 Å². The molecule has 0 saturated carbocycles. The van der Waals surface area contributed by atoms with E-state index in [2.05, 4.69) is 106 Å². The van der Waals surface area contributed by atoms with E-state index < -0.39 is 19.3 Å². The number of nitrogens with zero attached hydrogens (tertiary/aromatic N) is 2. The molecule has 3 nitrogen and oxygen atoms in total. The summed E-state index contributed by atoms with van der Waals surface area (Å²) in [6.45, 7) is -5.96. The Labute approximate surface area is 287 Å². The first kappa shape index (κ1) is 21.7. The van der Waals surface area contributed by atoms with Crippen LogP contribution in [0.1, 0.15) is 27.5 Å². The van der Waals surface area contributed by atoms with Crippen LogP contribution in [0.15, 0.2) is 158 Å². The standard InChI is InChI=1S/C45H32N2O/c1-45(2)37-18-9-6-17-34(37)44-42(21-12-22-43(44)48-45)47-39-20-11-8-16-33(39)36-28-30(24-26-41(36)47)29-23-25-40-35(27-29)32-15-7-10-19-38(32)46(40)31-13-4-3-5-14-31/h3-28H,1-2H3/i1D3,2D3. The number of benzene rings is 7. The van der Waals surface area contributed by atoms with Gasteiger partial charge in [-0.1, -0.05) is 97.1 Å². The third-order valence-corrected chi connectivity index (χ3v) is 9.78. The van der Waals surface area contributed by atoms with Gasteiger partial charge in [0.15, 0.2) is 0 Å². The first-order valence-corrected chi connectivity index (χ1v) is 16.1. The van der Waals surface area contributed by atoms with Crippen molar-refractivity contribution in [2.75, 3.05) is 0 Å². The third kappa shape index (κ3) is 3.82. The van der Waals surface area contributed by atoms with E-state index in [0.29, 0.717) is 11.1 Å². The summed E-state index contributed by atoms with van der Waals surface area (Å²) >= 11 is 0. The monoisotopic (exact) mass is 622 g/mol. The first-order valence-electron chi connectivity index (χ1n) is 19.1. The smallest absolute Gasteiger partial charge is 0.130 e. The van der Waals surface area contributed by atoms with Crippen molar-refractivity contribution < 1.29 is 13.0 Å². The number of rotatable bonds is 3. The van der Waals surface area contributed by atoms with Crippen molar-refractivity contribution >= 4 is 43.6 Å². The maximum absolute atomic E-state index is 8.47. The van der Waals surface area contributed by atoms with Crippen molar-refractivity contribution in [2.24, 2.45) is 0 Å². The minimum Gasteiger partial charge on any atom is -0.482 e. The zero-order chi connectivity index (χ0) is 37.0. The summed E-state index contributed by atoms with van der Waals surface area (Å²) in [5, 5.41) is 4.47. The summed E-state index contributed by atoms with van der Waals surface area (Å²) in [6.07, 6.45) is 0. The molecule has 0 spiro atoms. The molecule has 3 heteroatoms. The SMILES string of the molecule is [2H]C([2H])([2H])C1(C([2H])([2H])[2H])Oc2cccc(-n3c4ccccc4c4cc(-c5ccc6c(c5)c5ccccc5n6-c5ccccc5)ccc43)c2-c2ccccc21. The highest BCUT2D eigenvalue weighted by molar-refractivity contribution is 6.13. The van der Waals surface area contributed by atoms with Gasteiger partial charge in [0.1, 0.15) is 11.4 Å². The van der Waals surface area contributed by atoms with Gasteiger partial charge in [0.05, 0.1) is 27.8 Å². The Hall–Kier alpha value is -6.06. The van der Waals surface area contributed by atoms with Crippen LogP contribution in [0.25, 0.3) is 77.2 Å². The van der Waals surface area contributed by atoms with Crippen LogP contribution in [-0.2, 0) is 5.60 Å². The highest BCUT2D eigenvalue weighted by atomic mass is 16.5. The zero-order valence-electron chi connectivity index (χ0n) is 31.8. The molecule has 0 unspecified atom stereocenters. The van der Waals surface area contributed by atoms with E-state index in [1.165, 1.54) is 10.8 Å². The van der Waals surface area contributed by atoms with E-state index in [9.17, 15) is 0 Å². The lowest BCUT2D eigenvalue weighted by Gasteiger charge is -2.36. The molecule has 0 saturated heterocycles. The molecular weight excluding hydrogens is 585 g/mol. The van der Waals surface area contributed by atoms with Gasteiger partial charge in [-0.3, -0.25) is 0 Å². The Morgan fingerprint density at radius 2 is 1.08 bits per heavy atom. The number of fused-ring (bicyclic) bond motifs is 9. The predicted molar refractivity (Wildman–Crippen MR) is 200 cm³/mol. The Bertz CT molecular complexity index is 2940. The lowest BCUT2D eigenvalue weighted by molar-refractivity contribution is 0.106. The second-order valence-corrected chi connectivity index (χ2v) is 12.5. The maximum Gasteiger partial charge on any atom is 0.130 e. The lowest BCUT2D eigenvalue weighted by atomic mass is 9.85. The van der Waals surface area contributed by atoms with Gasteiger partial charge in [-0.25, -0.2) is 0 Å². The van der Waals surface area contributed by atoms with Crippen LogP contribution in [0.4, 0.5) is 0 Å². The van der Waals surface area contributed by atoms with Crippen LogP contribution < -0.4 is 4.74 Å². The molecule has 0 fully saturated rings. The highest BCUT2D eigenvalue weighted by Gasteiger charge is 2.34. The molecule has 7 aromatic carbocycles. The molecule has 9 aromatic rings. The maximum atomic E-state index is 8.47. The van der Waals surface area contributed by atoms with Crippen LogP contribution in [0.3, 0.4) is 0 Å². The van der Waals surface area contributed by atoms with Crippen LogP contribution in [-0.4, -0.2) is 9.13 Å². The Morgan fingerprint density at radius 1 is 0.500 bits per heavy atom. The molecule has 0 bridgehead atoms. The first-order chi connectivity index (χ1) is 26.1. The van der Waals surface area contributed by atoms with Crippen molar-refractivity contribution in [3.05, 3.63) is 163 Å². The zero-order valence-corrected chi connectivity index (χ0v) is 25.8. The Balaban J connectivity index is 1.18. The van der Waals surface area contributed by atoms with E-state index in [-0.39, 0.29) is 11.3 Å². The molecule has 0 amide bonds. The van der Waals surface area contributed by atoms with Crippen molar-refractivity contribution in [1.82, 2.24) is 9.13 Å². The third-order valence-electron chi connectivity index (χ3n) is 9.78. The molecule has 2 aromatic heterocycles. The topological polar surface area (TPSA) is 19.1 Å². The molecule has 3 heterocycles. The fourth-order valence-corrected chi connectivity index (χ4v) is 7.71. The van der Waals surface area contributed by atoms with E-state index in [0.717, 1.165) is 55.3 Å². The second kappa shape index (κ2) is 9.97. The largest absolute Gasteiger partial charge is 0.482 e. The van der Waals surface area contributed by atoms with E-state index in [4.69, 9.17) is 13.0 Å². The summed E-state index contributed by atoms with van der Waals surface area (Å²) in [5.74, 6) is 0.212. The van der Waals surface area contributed by atoms with Gasteiger partial charge >= 0.3 is 0 Å². The number of ether oxygens (including phenoxy) is 1.